The Kier molecular flexibility index (Phi) is 7.91. The molecule has 1 aliphatic heterocycles. The van der Waals surface area contributed by atoms with Gasteiger partial charge in [-0.2, -0.15) is 0 Å². The Labute approximate surface area is 133 Å². The van der Waals surface area contributed by atoms with Crippen LogP contribution in [0.25, 0.3) is 0 Å². The minimum Gasteiger partial charge on any atom is -0.372 e. The first-order valence-electron chi connectivity index (χ1n) is 7.86. The number of carbonyl (C=O) groups excluding carboxylic acids is 1. The van der Waals surface area contributed by atoms with Gasteiger partial charge in [0.1, 0.15) is 0 Å². The normalized spacial score (nSPS) is 15.4. The zero-order chi connectivity index (χ0) is 16.5. The van der Waals surface area contributed by atoms with Gasteiger partial charge in [-0.3, -0.25) is 4.79 Å². The van der Waals surface area contributed by atoms with Crippen molar-refractivity contribution in [3.8, 4) is 0 Å². The molecule has 2 N–H and O–H groups in total. The van der Waals surface area contributed by atoms with E-state index in [4.69, 9.17) is 15.2 Å². The van der Waals surface area contributed by atoms with Crippen molar-refractivity contribution < 1.29 is 14.3 Å². The molecule has 1 aliphatic rings. The molecule has 5 nitrogen and oxygen atoms in total. The highest BCUT2D eigenvalue weighted by Crippen LogP contribution is 2.26. The predicted molar refractivity (Wildman–Crippen MR) is 89.1 cm³/mol. The molecule has 0 bridgehead atoms. The Balaban J connectivity index is 0.00000116. The summed E-state index contributed by atoms with van der Waals surface area (Å²) in [6.45, 7) is 5.92. The monoisotopic (exact) mass is 308 g/mol. The molecular weight excluding hydrogens is 280 g/mol. The molecule has 0 atom stereocenters. The number of methoxy groups -OCH3 is 2. The number of ether oxygens (including phenoxy) is 2. The van der Waals surface area contributed by atoms with Crippen molar-refractivity contribution in [3.05, 3.63) is 29.8 Å². The lowest BCUT2D eigenvalue weighted by Crippen LogP contribution is -2.39. The van der Waals surface area contributed by atoms with Gasteiger partial charge in [0.15, 0.2) is 6.29 Å². The Morgan fingerprint density at radius 1 is 1.14 bits per heavy atom. The number of nitrogens with two attached hydrogens (primary N) is 1. The Morgan fingerprint density at radius 2 is 1.64 bits per heavy atom. The fourth-order valence-electron chi connectivity index (χ4n) is 2.75. The fraction of sp³-hybridized carbons (Fsp3) is 0.588. The van der Waals surface area contributed by atoms with Crippen molar-refractivity contribution in [2.24, 2.45) is 11.7 Å². The first-order chi connectivity index (χ1) is 10.7. The van der Waals surface area contributed by atoms with E-state index < -0.39 is 5.91 Å². The predicted octanol–water partition coefficient (Wildman–Crippen LogP) is 2.65. The standard InChI is InChI=1S/C15H22N2O3.C2H6/c1-19-15(20-2)12-7-9-17(10-8-12)13-5-3-11(4-6-13)14(16)18;1-2/h3-6,12,15H,7-10H2,1-2H3,(H2,16,18);1-2H3. The van der Waals surface area contributed by atoms with E-state index in [1.54, 1.807) is 26.4 Å². The summed E-state index contributed by atoms with van der Waals surface area (Å²) in [5.41, 5.74) is 6.91. The number of carbonyl (C=O) groups is 1. The van der Waals surface area contributed by atoms with Crippen LogP contribution in [-0.2, 0) is 9.47 Å². The highest BCUT2D eigenvalue weighted by atomic mass is 16.7. The molecule has 0 unspecified atom stereocenters. The molecule has 0 aliphatic carbocycles. The van der Waals surface area contributed by atoms with Crippen molar-refractivity contribution in [1.82, 2.24) is 0 Å². The molecule has 1 fully saturated rings. The largest absolute Gasteiger partial charge is 0.372 e. The number of primary amides is 1. The van der Waals surface area contributed by atoms with E-state index in [9.17, 15) is 4.79 Å². The zero-order valence-corrected chi connectivity index (χ0v) is 14.0. The number of anilines is 1. The number of amides is 1. The SMILES string of the molecule is CC.COC(OC)C1CCN(c2ccc(C(N)=O)cc2)CC1. The van der Waals surface area contributed by atoms with Gasteiger partial charge in [0.25, 0.3) is 0 Å². The fourth-order valence-corrected chi connectivity index (χ4v) is 2.75. The van der Waals surface area contributed by atoms with Crippen molar-refractivity contribution in [2.45, 2.75) is 33.0 Å². The lowest BCUT2D eigenvalue weighted by Gasteiger charge is -2.36. The highest BCUT2D eigenvalue weighted by Gasteiger charge is 2.26. The first kappa shape index (κ1) is 18.5. The van der Waals surface area contributed by atoms with Crippen LogP contribution in [0, 0.1) is 5.92 Å². The Hall–Kier alpha value is -1.59. The molecule has 0 saturated carbocycles. The van der Waals surface area contributed by atoms with Crippen LogP contribution in [0.3, 0.4) is 0 Å². The summed E-state index contributed by atoms with van der Waals surface area (Å²) in [5.74, 6) is 0.0458. The minimum atomic E-state index is -0.390. The molecule has 2 rings (SSSR count). The summed E-state index contributed by atoms with van der Waals surface area (Å²) in [5, 5.41) is 0. The number of hydrogen-bond donors (Lipinski definition) is 1. The van der Waals surface area contributed by atoms with E-state index in [0.717, 1.165) is 31.6 Å². The molecule has 1 saturated heterocycles. The van der Waals surface area contributed by atoms with Crippen LogP contribution in [0.4, 0.5) is 5.69 Å². The summed E-state index contributed by atoms with van der Waals surface area (Å²) in [4.78, 5) is 13.4. The number of benzene rings is 1. The van der Waals surface area contributed by atoms with Crippen LogP contribution >= 0.6 is 0 Å². The Bertz CT molecular complexity index is 436. The molecule has 0 aromatic heterocycles. The molecule has 1 aromatic rings. The maximum Gasteiger partial charge on any atom is 0.248 e. The lowest BCUT2D eigenvalue weighted by molar-refractivity contribution is -0.141. The van der Waals surface area contributed by atoms with Gasteiger partial charge in [0.05, 0.1) is 0 Å². The molecule has 22 heavy (non-hydrogen) atoms. The van der Waals surface area contributed by atoms with Crippen LogP contribution < -0.4 is 10.6 Å². The number of nitrogens with zero attached hydrogens (tertiary/aromatic N) is 1. The van der Waals surface area contributed by atoms with Gasteiger partial charge in [-0.25, -0.2) is 0 Å². The number of hydrogen-bond acceptors (Lipinski definition) is 4. The van der Waals surface area contributed by atoms with E-state index in [1.165, 1.54) is 0 Å². The summed E-state index contributed by atoms with van der Waals surface area (Å²) < 4.78 is 10.7. The number of piperidine rings is 1. The van der Waals surface area contributed by atoms with E-state index in [2.05, 4.69) is 4.90 Å². The van der Waals surface area contributed by atoms with Crippen molar-refractivity contribution >= 4 is 11.6 Å². The van der Waals surface area contributed by atoms with E-state index >= 15 is 0 Å². The molecular formula is C17H28N2O3. The summed E-state index contributed by atoms with van der Waals surface area (Å²) in [6, 6.07) is 7.45. The van der Waals surface area contributed by atoms with Gasteiger partial charge < -0.3 is 20.1 Å². The lowest BCUT2D eigenvalue weighted by atomic mass is 9.95. The summed E-state index contributed by atoms with van der Waals surface area (Å²) in [7, 11) is 3.37. The molecule has 1 amide bonds. The van der Waals surface area contributed by atoms with Crippen LogP contribution in [0.5, 0.6) is 0 Å². The zero-order valence-electron chi connectivity index (χ0n) is 14.0. The smallest absolute Gasteiger partial charge is 0.248 e. The van der Waals surface area contributed by atoms with Gasteiger partial charge >= 0.3 is 0 Å². The maximum atomic E-state index is 11.1. The van der Waals surface area contributed by atoms with Crippen LogP contribution in [0.15, 0.2) is 24.3 Å². The minimum absolute atomic E-state index is 0.116. The molecule has 0 radical (unpaired) electrons. The van der Waals surface area contributed by atoms with Gasteiger partial charge in [0.2, 0.25) is 5.91 Å². The van der Waals surface area contributed by atoms with Gasteiger partial charge in [-0.1, -0.05) is 13.8 Å². The third-order valence-electron chi connectivity index (χ3n) is 3.91. The average molecular weight is 308 g/mol. The average Bonchev–Trinajstić information content (AvgIpc) is 2.58. The second-order valence-electron chi connectivity index (χ2n) is 5.08. The molecule has 1 heterocycles. The van der Waals surface area contributed by atoms with E-state index in [0.29, 0.717) is 11.5 Å². The number of rotatable bonds is 5. The van der Waals surface area contributed by atoms with E-state index in [1.807, 2.05) is 26.0 Å². The molecule has 5 heteroatoms. The first-order valence-corrected chi connectivity index (χ1v) is 7.86. The second kappa shape index (κ2) is 9.43. The Morgan fingerprint density at radius 3 is 2.05 bits per heavy atom. The van der Waals surface area contributed by atoms with Crippen LogP contribution in [0.2, 0.25) is 0 Å². The molecule has 0 spiro atoms. The third-order valence-corrected chi connectivity index (χ3v) is 3.91. The van der Waals surface area contributed by atoms with Crippen molar-refractivity contribution in [3.63, 3.8) is 0 Å². The maximum absolute atomic E-state index is 11.1. The van der Waals surface area contributed by atoms with Gasteiger partial charge in [-0.15, -0.1) is 0 Å². The topological polar surface area (TPSA) is 64.8 Å². The quantitative estimate of drug-likeness (QED) is 0.849. The van der Waals surface area contributed by atoms with Gasteiger partial charge in [0, 0.05) is 44.5 Å². The molecule has 124 valence electrons. The van der Waals surface area contributed by atoms with Crippen LogP contribution in [0.1, 0.15) is 37.0 Å². The molecule has 1 aromatic carbocycles. The summed E-state index contributed by atoms with van der Waals surface area (Å²) in [6.07, 6.45) is 1.95. The second-order valence-corrected chi connectivity index (χ2v) is 5.08. The van der Waals surface area contributed by atoms with Crippen molar-refractivity contribution in [2.75, 3.05) is 32.2 Å². The van der Waals surface area contributed by atoms with Crippen molar-refractivity contribution in [1.29, 1.82) is 0 Å². The third kappa shape index (κ3) is 4.71. The van der Waals surface area contributed by atoms with Crippen LogP contribution in [-0.4, -0.2) is 39.5 Å². The highest BCUT2D eigenvalue weighted by molar-refractivity contribution is 5.93. The van der Waals surface area contributed by atoms with Gasteiger partial charge in [-0.05, 0) is 37.1 Å². The van der Waals surface area contributed by atoms with E-state index in [-0.39, 0.29) is 6.29 Å². The summed E-state index contributed by atoms with van der Waals surface area (Å²) >= 11 is 0.